The van der Waals surface area contributed by atoms with E-state index < -0.39 is 0 Å². The van der Waals surface area contributed by atoms with Crippen LogP contribution in [0, 0.1) is 20.8 Å². The number of fused-ring (bicyclic) bond motifs is 4. The van der Waals surface area contributed by atoms with Gasteiger partial charge in [-0.15, -0.1) is 0 Å². The molecule has 3 atom stereocenters. The molecule has 3 nitrogen and oxygen atoms in total. The van der Waals surface area contributed by atoms with E-state index in [0.717, 1.165) is 5.69 Å². The summed E-state index contributed by atoms with van der Waals surface area (Å²) in [4.78, 5) is 7.43. The van der Waals surface area contributed by atoms with Crippen molar-refractivity contribution in [3.8, 4) is 0 Å². The third-order valence-electron chi connectivity index (χ3n) is 5.62. The molecule has 0 aliphatic carbocycles. The van der Waals surface area contributed by atoms with E-state index in [1.54, 1.807) is 0 Å². The van der Waals surface area contributed by atoms with Gasteiger partial charge in [0.25, 0.3) is 0 Å². The molecule has 0 N–H and O–H groups in total. The van der Waals surface area contributed by atoms with Gasteiger partial charge in [0.05, 0.1) is 31.5 Å². The van der Waals surface area contributed by atoms with Crippen molar-refractivity contribution in [1.82, 2.24) is 4.98 Å². The Kier molecular flexibility index (Phi) is 3.28. The molecule has 20 heavy (non-hydrogen) atoms. The maximum absolute atomic E-state index is 4.73. The second-order valence-corrected chi connectivity index (χ2v) is 7.07. The zero-order chi connectivity index (χ0) is 14.5. The van der Waals surface area contributed by atoms with Crippen LogP contribution in [0.15, 0.2) is 6.07 Å². The highest BCUT2D eigenvalue weighted by atomic mass is 15.5. The summed E-state index contributed by atoms with van der Waals surface area (Å²) in [5.41, 5.74) is 5.13. The van der Waals surface area contributed by atoms with E-state index in [4.69, 9.17) is 4.98 Å². The summed E-state index contributed by atoms with van der Waals surface area (Å²) in [6.45, 7) is 11.6. The van der Waals surface area contributed by atoms with E-state index in [1.807, 2.05) is 0 Å². The van der Waals surface area contributed by atoms with Crippen LogP contribution in [0.1, 0.15) is 43.1 Å². The molecular weight excluding hydrogens is 246 g/mol. The zero-order valence-corrected chi connectivity index (χ0v) is 13.6. The first-order valence-corrected chi connectivity index (χ1v) is 8.00. The Morgan fingerprint density at radius 1 is 1.20 bits per heavy atom. The molecule has 0 saturated carbocycles. The predicted octanol–water partition coefficient (Wildman–Crippen LogP) is 3.17. The summed E-state index contributed by atoms with van der Waals surface area (Å²) in [6.07, 6.45) is 4.59. The first-order valence-electron chi connectivity index (χ1n) is 8.00. The third kappa shape index (κ3) is 2.03. The van der Waals surface area contributed by atoms with Crippen LogP contribution in [-0.2, 0) is 0 Å². The number of aromatic nitrogens is 1. The van der Waals surface area contributed by atoms with E-state index in [1.165, 1.54) is 53.8 Å². The normalized spacial score (nSPS) is 33.4. The molecule has 1 aromatic heterocycles. The molecule has 0 aromatic carbocycles. The SMILES string of the molecule is Cc1cc(C)c(N2C3CCC[N+](C)(CC3)C2C)c(C)n1. The van der Waals surface area contributed by atoms with Crippen LogP contribution in [-0.4, -0.2) is 41.8 Å². The quantitative estimate of drug-likeness (QED) is 0.731. The topological polar surface area (TPSA) is 16.1 Å². The second kappa shape index (κ2) is 4.73. The standard InChI is InChI=1S/C17H28N3/c1-12-11-13(2)18-14(3)17(12)19-15(4)20(5)9-6-7-16(19)8-10-20/h11,15-16H,6-10H2,1-5H3/q+1. The lowest BCUT2D eigenvalue weighted by molar-refractivity contribution is -0.933. The second-order valence-electron chi connectivity index (χ2n) is 7.07. The van der Waals surface area contributed by atoms with E-state index in [0.29, 0.717) is 12.2 Å². The minimum atomic E-state index is 0.568. The number of quaternary nitrogens is 1. The Bertz CT molecular complexity index is 498. The van der Waals surface area contributed by atoms with Crippen molar-refractivity contribution in [3.05, 3.63) is 23.0 Å². The molecule has 3 aliphatic heterocycles. The summed E-state index contributed by atoms with van der Waals surface area (Å²) >= 11 is 0. The molecule has 4 rings (SSSR count). The molecule has 0 spiro atoms. The van der Waals surface area contributed by atoms with Crippen molar-refractivity contribution in [1.29, 1.82) is 0 Å². The number of rotatable bonds is 1. The molecule has 3 fully saturated rings. The third-order valence-corrected chi connectivity index (χ3v) is 5.62. The number of aryl methyl sites for hydroxylation is 3. The number of hydrogen-bond acceptors (Lipinski definition) is 2. The maximum Gasteiger partial charge on any atom is 0.161 e. The number of nitrogens with zero attached hydrogens (tertiary/aromatic N) is 3. The molecule has 3 unspecified atom stereocenters. The lowest BCUT2D eigenvalue weighted by Crippen LogP contribution is -2.64. The van der Waals surface area contributed by atoms with Crippen molar-refractivity contribution in [2.75, 3.05) is 25.0 Å². The van der Waals surface area contributed by atoms with Crippen LogP contribution in [0.4, 0.5) is 5.69 Å². The van der Waals surface area contributed by atoms with Gasteiger partial charge in [0, 0.05) is 25.1 Å². The fraction of sp³-hybridized carbons (Fsp3) is 0.706. The lowest BCUT2D eigenvalue weighted by Gasteiger charge is -2.51. The average molecular weight is 274 g/mol. The minimum absolute atomic E-state index is 0.568. The van der Waals surface area contributed by atoms with E-state index in [9.17, 15) is 0 Å². The Balaban J connectivity index is 2.09. The number of hydrogen-bond donors (Lipinski definition) is 0. The van der Waals surface area contributed by atoms with Gasteiger partial charge in [-0.1, -0.05) is 0 Å². The maximum atomic E-state index is 4.73. The molecular formula is C17H28N3+. The van der Waals surface area contributed by atoms with Crippen LogP contribution in [0.2, 0.25) is 0 Å². The van der Waals surface area contributed by atoms with Gasteiger partial charge in [0.15, 0.2) is 6.17 Å². The molecule has 4 heterocycles. The van der Waals surface area contributed by atoms with Gasteiger partial charge < -0.3 is 9.38 Å². The summed E-state index contributed by atoms with van der Waals surface area (Å²) in [7, 11) is 2.44. The smallest absolute Gasteiger partial charge is 0.161 e. The van der Waals surface area contributed by atoms with Crippen LogP contribution in [0.3, 0.4) is 0 Å². The molecule has 0 amide bonds. The Labute approximate surface area is 123 Å². The summed E-state index contributed by atoms with van der Waals surface area (Å²) in [5, 5.41) is 0. The molecule has 2 bridgehead atoms. The Hall–Kier alpha value is -1.09. The first kappa shape index (κ1) is 13.9. The van der Waals surface area contributed by atoms with Crippen molar-refractivity contribution < 1.29 is 4.48 Å². The van der Waals surface area contributed by atoms with Gasteiger partial charge in [-0.3, -0.25) is 4.98 Å². The summed E-state index contributed by atoms with van der Waals surface area (Å²) in [5.74, 6) is 0. The van der Waals surface area contributed by atoms with Crippen LogP contribution in [0.5, 0.6) is 0 Å². The van der Waals surface area contributed by atoms with Crippen molar-refractivity contribution in [2.45, 2.75) is 59.2 Å². The molecule has 0 radical (unpaired) electrons. The average Bonchev–Trinajstić information content (AvgIpc) is 2.61. The highest BCUT2D eigenvalue weighted by Gasteiger charge is 2.45. The van der Waals surface area contributed by atoms with Gasteiger partial charge in [-0.25, -0.2) is 0 Å². The van der Waals surface area contributed by atoms with Crippen LogP contribution in [0.25, 0.3) is 0 Å². The summed E-state index contributed by atoms with van der Waals surface area (Å²) in [6, 6.07) is 2.95. The fourth-order valence-electron chi connectivity index (χ4n) is 4.42. The molecule has 3 aliphatic rings. The van der Waals surface area contributed by atoms with Crippen molar-refractivity contribution >= 4 is 5.69 Å². The van der Waals surface area contributed by atoms with Gasteiger partial charge in [0.1, 0.15) is 0 Å². The lowest BCUT2D eigenvalue weighted by atomic mass is 10.0. The largest absolute Gasteiger partial charge is 0.318 e. The van der Waals surface area contributed by atoms with Crippen LogP contribution < -0.4 is 4.90 Å². The molecule has 110 valence electrons. The molecule has 3 heteroatoms. The van der Waals surface area contributed by atoms with E-state index in [2.05, 4.69) is 45.7 Å². The van der Waals surface area contributed by atoms with Gasteiger partial charge >= 0.3 is 0 Å². The van der Waals surface area contributed by atoms with E-state index >= 15 is 0 Å². The Morgan fingerprint density at radius 3 is 2.65 bits per heavy atom. The van der Waals surface area contributed by atoms with Crippen molar-refractivity contribution in [2.24, 2.45) is 0 Å². The highest BCUT2D eigenvalue weighted by molar-refractivity contribution is 5.58. The first-order chi connectivity index (χ1) is 9.42. The highest BCUT2D eigenvalue weighted by Crippen LogP contribution is 2.38. The molecule has 3 saturated heterocycles. The van der Waals surface area contributed by atoms with Crippen molar-refractivity contribution in [3.63, 3.8) is 0 Å². The van der Waals surface area contributed by atoms with Gasteiger partial charge in [-0.2, -0.15) is 0 Å². The minimum Gasteiger partial charge on any atom is -0.318 e. The fourth-order valence-corrected chi connectivity index (χ4v) is 4.42. The monoisotopic (exact) mass is 274 g/mol. The molecule has 1 aromatic rings. The van der Waals surface area contributed by atoms with Gasteiger partial charge in [0.2, 0.25) is 0 Å². The number of pyridine rings is 1. The van der Waals surface area contributed by atoms with Crippen LogP contribution >= 0.6 is 0 Å². The zero-order valence-electron chi connectivity index (χ0n) is 13.6. The Morgan fingerprint density at radius 2 is 1.95 bits per heavy atom. The predicted molar refractivity (Wildman–Crippen MR) is 83.9 cm³/mol. The summed E-state index contributed by atoms with van der Waals surface area (Å²) < 4.78 is 1.20. The number of anilines is 1. The van der Waals surface area contributed by atoms with E-state index in [-0.39, 0.29) is 0 Å². The van der Waals surface area contributed by atoms with Gasteiger partial charge in [-0.05, 0) is 45.2 Å².